The number of aromatic nitrogens is 1. The van der Waals surface area contributed by atoms with Crippen molar-refractivity contribution in [3.63, 3.8) is 0 Å². The lowest BCUT2D eigenvalue weighted by atomic mass is 10.1. The van der Waals surface area contributed by atoms with Crippen LogP contribution in [0.25, 0.3) is 11.3 Å². The summed E-state index contributed by atoms with van der Waals surface area (Å²) >= 11 is 9.43. The number of nitrogens with zero attached hydrogens (tertiary/aromatic N) is 1. The van der Waals surface area contributed by atoms with E-state index in [1.54, 1.807) is 10.6 Å². The molecule has 0 fully saturated rings. The van der Waals surface area contributed by atoms with Crippen molar-refractivity contribution < 1.29 is 4.74 Å². The highest BCUT2D eigenvalue weighted by molar-refractivity contribution is 9.10. The third-order valence-corrected chi connectivity index (χ3v) is 3.92. The maximum absolute atomic E-state index is 12.1. The Labute approximate surface area is 131 Å². The average molecular weight is 357 g/mol. The van der Waals surface area contributed by atoms with Gasteiger partial charge in [0.2, 0.25) is 0 Å². The summed E-state index contributed by atoms with van der Waals surface area (Å²) in [5.41, 5.74) is 1.59. The first-order chi connectivity index (χ1) is 9.58. The van der Waals surface area contributed by atoms with Gasteiger partial charge in [-0.2, -0.15) is 0 Å². The molecule has 20 heavy (non-hydrogen) atoms. The minimum Gasteiger partial charge on any atom is -0.494 e. The summed E-state index contributed by atoms with van der Waals surface area (Å²) in [6, 6.07) is 9.21. The van der Waals surface area contributed by atoms with E-state index < -0.39 is 0 Å². The summed E-state index contributed by atoms with van der Waals surface area (Å²) < 4.78 is 7.99. The first-order valence-corrected chi connectivity index (χ1v) is 7.57. The second-order valence-electron chi connectivity index (χ2n) is 4.19. The Morgan fingerprint density at radius 3 is 2.60 bits per heavy atom. The monoisotopic (exact) mass is 355 g/mol. The van der Waals surface area contributed by atoms with Crippen LogP contribution in [0.4, 0.5) is 0 Å². The third-order valence-electron chi connectivity index (χ3n) is 2.97. The van der Waals surface area contributed by atoms with E-state index in [1.165, 1.54) is 0 Å². The van der Waals surface area contributed by atoms with E-state index in [-0.39, 0.29) is 10.6 Å². The van der Waals surface area contributed by atoms with Crippen LogP contribution in [-0.2, 0) is 6.54 Å². The van der Waals surface area contributed by atoms with Crippen LogP contribution in [0.1, 0.15) is 13.8 Å². The summed E-state index contributed by atoms with van der Waals surface area (Å²) in [6.07, 6.45) is 0. The molecule has 0 aliphatic heterocycles. The molecule has 0 amide bonds. The number of ether oxygens (including phenoxy) is 1. The molecule has 0 atom stereocenters. The van der Waals surface area contributed by atoms with Gasteiger partial charge in [-0.25, -0.2) is 0 Å². The van der Waals surface area contributed by atoms with Crippen molar-refractivity contribution in [3.05, 3.63) is 50.2 Å². The number of pyridine rings is 1. The number of hydrogen-bond acceptors (Lipinski definition) is 2. The van der Waals surface area contributed by atoms with Gasteiger partial charge in [-0.3, -0.25) is 4.79 Å². The van der Waals surface area contributed by atoms with Crippen molar-refractivity contribution >= 4 is 27.5 Å². The first kappa shape index (κ1) is 15.1. The standard InChI is InChI=1S/C15H15BrClNO2/c1-3-18-14(8-7-13(17)15(18)19)11-6-5-10(20-4-2)9-12(11)16/h5-9H,3-4H2,1-2H3. The van der Waals surface area contributed by atoms with E-state index in [4.69, 9.17) is 16.3 Å². The Balaban J connectivity index is 2.57. The normalized spacial score (nSPS) is 10.6. The third kappa shape index (κ3) is 2.91. The lowest BCUT2D eigenvalue weighted by Gasteiger charge is -2.14. The van der Waals surface area contributed by atoms with Gasteiger partial charge in [0.05, 0.1) is 12.3 Å². The molecule has 0 aliphatic rings. The van der Waals surface area contributed by atoms with E-state index in [0.29, 0.717) is 13.2 Å². The van der Waals surface area contributed by atoms with E-state index in [1.807, 2.05) is 38.1 Å². The van der Waals surface area contributed by atoms with Crippen molar-refractivity contribution in [2.75, 3.05) is 6.61 Å². The van der Waals surface area contributed by atoms with Gasteiger partial charge >= 0.3 is 0 Å². The van der Waals surface area contributed by atoms with Crippen LogP contribution in [0.2, 0.25) is 5.02 Å². The minimum atomic E-state index is -0.174. The van der Waals surface area contributed by atoms with Gasteiger partial charge in [0, 0.05) is 16.6 Å². The smallest absolute Gasteiger partial charge is 0.269 e. The Kier molecular flexibility index (Phi) is 4.89. The van der Waals surface area contributed by atoms with Gasteiger partial charge in [-0.05, 0) is 60.1 Å². The predicted octanol–water partition coefficient (Wildman–Crippen LogP) is 4.35. The number of rotatable bonds is 4. The van der Waals surface area contributed by atoms with Crippen molar-refractivity contribution in [1.82, 2.24) is 4.57 Å². The molecule has 5 heteroatoms. The Morgan fingerprint density at radius 2 is 2.00 bits per heavy atom. The highest BCUT2D eigenvalue weighted by atomic mass is 79.9. The fourth-order valence-corrected chi connectivity index (χ4v) is 2.79. The summed E-state index contributed by atoms with van der Waals surface area (Å²) in [7, 11) is 0. The lowest BCUT2D eigenvalue weighted by molar-refractivity contribution is 0.340. The van der Waals surface area contributed by atoms with Gasteiger partial charge in [0.15, 0.2) is 0 Å². The topological polar surface area (TPSA) is 31.2 Å². The summed E-state index contributed by atoms with van der Waals surface area (Å²) in [5, 5.41) is 0.234. The SMILES string of the molecule is CCOc1ccc(-c2ccc(Cl)c(=O)n2CC)c(Br)c1. The predicted molar refractivity (Wildman–Crippen MR) is 85.7 cm³/mol. The average Bonchev–Trinajstić information content (AvgIpc) is 2.43. The minimum absolute atomic E-state index is 0.174. The van der Waals surface area contributed by atoms with Crippen LogP contribution in [0, 0.1) is 0 Å². The molecule has 0 N–H and O–H groups in total. The van der Waals surface area contributed by atoms with Crippen LogP contribution in [-0.4, -0.2) is 11.2 Å². The summed E-state index contributed by atoms with van der Waals surface area (Å²) in [4.78, 5) is 12.1. The van der Waals surface area contributed by atoms with E-state index in [0.717, 1.165) is 21.5 Å². The zero-order chi connectivity index (χ0) is 14.7. The van der Waals surface area contributed by atoms with Crippen molar-refractivity contribution in [1.29, 1.82) is 0 Å². The van der Waals surface area contributed by atoms with Crippen LogP contribution >= 0.6 is 27.5 Å². The van der Waals surface area contributed by atoms with E-state index in [9.17, 15) is 4.79 Å². The zero-order valence-corrected chi connectivity index (χ0v) is 13.7. The van der Waals surface area contributed by atoms with Gasteiger partial charge in [0.1, 0.15) is 10.8 Å². The maximum atomic E-state index is 12.1. The molecule has 0 saturated heterocycles. The summed E-state index contributed by atoms with van der Waals surface area (Å²) in [5.74, 6) is 0.794. The fraction of sp³-hybridized carbons (Fsp3) is 0.267. The Hall–Kier alpha value is -1.26. The number of benzene rings is 1. The van der Waals surface area contributed by atoms with Crippen molar-refractivity contribution in [3.8, 4) is 17.0 Å². The molecule has 3 nitrogen and oxygen atoms in total. The van der Waals surface area contributed by atoms with Crippen LogP contribution in [0.3, 0.4) is 0 Å². The molecule has 1 heterocycles. The molecule has 1 aromatic carbocycles. The number of halogens is 2. The molecule has 2 aromatic rings. The molecule has 0 bridgehead atoms. The summed E-state index contributed by atoms with van der Waals surface area (Å²) in [6.45, 7) is 5.04. The van der Waals surface area contributed by atoms with E-state index >= 15 is 0 Å². The molecule has 0 aliphatic carbocycles. The molecule has 106 valence electrons. The van der Waals surface area contributed by atoms with E-state index in [2.05, 4.69) is 15.9 Å². The molecule has 1 aromatic heterocycles. The van der Waals surface area contributed by atoms with Crippen LogP contribution in [0.15, 0.2) is 39.6 Å². The Bertz CT molecular complexity index is 682. The first-order valence-electron chi connectivity index (χ1n) is 6.40. The number of hydrogen-bond donors (Lipinski definition) is 0. The molecule has 0 unspecified atom stereocenters. The van der Waals surface area contributed by atoms with Gasteiger partial charge in [-0.1, -0.05) is 11.6 Å². The molecule has 0 saturated carbocycles. The molecule has 0 spiro atoms. The van der Waals surface area contributed by atoms with Gasteiger partial charge in [0.25, 0.3) is 5.56 Å². The van der Waals surface area contributed by atoms with Gasteiger partial charge < -0.3 is 9.30 Å². The molecule has 2 rings (SSSR count). The molecular formula is C15H15BrClNO2. The largest absolute Gasteiger partial charge is 0.494 e. The van der Waals surface area contributed by atoms with Crippen LogP contribution < -0.4 is 10.3 Å². The highest BCUT2D eigenvalue weighted by Crippen LogP contribution is 2.31. The lowest BCUT2D eigenvalue weighted by Crippen LogP contribution is -2.21. The van der Waals surface area contributed by atoms with Crippen LogP contribution in [0.5, 0.6) is 5.75 Å². The highest BCUT2D eigenvalue weighted by Gasteiger charge is 2.11. The van der Waals surface area contributed by atoms with Crippen molar-refractivity contribution in [2.45, 2.75) is 20.4 Å². The van der Waals surface area contributed by atoms with Crippen molar-refractivity contribution in [2.24, 2.45) is 0 Å². The second kappa shape index (κ2) is 6.46. The zero-order valence-electron chi connectivity index (χ0n) is 11.3. The Morgan fingerprint density at radius 1 is 1.25 bits per heavy atom. The van der Waals surface area contributed by atoms with Gasteiger partial charge in [-0.15, -0.1) is 0 Å². The molecular weight excluding hydrogens is 342 g/mol. The fourth-order valence-electron chi connectivity index (χ4n) is 2.06. The second-order valence-corrected chi connectivity index (χ2v) is 5.45. The maximum Gasteiger partial charge on any atom is 0.269 e. The molecule has 0 radical (unpaired) electrons. The quantitative estimate of drug-likeness (QED) is 0.815.